The van der Waals surface area contributed by atoms with Crippen molar-refractivity contribution in [2.24, 2.45) is 5.92 Å². The number of hydrogen-bond acceptors (Lipinski definition) is 3. The van der Waals surface area contributed by atoms with Crippen molar-refractivity contribution in [1.29, 1.82) is 0 Å². The molecule has 2 aromatic carbocycles. The summed E-state index contributed by atoms with van der Waals surface area (Å²) in [6, 6.07) is 17.9. The molecule has 0 radical (unpaired) electrons. The number of benzene rings is 2. The third-order valence-electron chi connectivity index (χ3n) is 3.71. The highest BCUT2D eigenvalue weighted by Gasteiger charge is 2.22. The van der Waals surface area contributed by atoms with Gasteiger partial charge in [0.15, 0.2) is 0 Å². The maximum atomic E-state index is 9.23. The molecule has 3 rings (SSSR count). The van der Waals surface area contributed by atoms with E-state index in [1.807, 2.05) is 42.5 Å². The summed E-state index contributed by atoms with van der Waals surface area (Å²) in [6.45, 7) is 2.20. The Labute approximate surface area is 119 Å². The van der Waals surface area contributed by atoms with E-state index < -0.39 is 0 Å². The van der Waals surface area contributed by atoms with E-state index in [1.165, 1.54) is 0 Å². The number of anilines is 1. The van der Waals surface area contributed by atoms with Crippen LogP contribution in [-0.4, -0.2) is 24.8 Å². The summed E-state index contributed by atoms with van der Waals surface area (Å²) in [5.74, 6) is 2.09. The molecule has 1 saturated heterocycles. The first-order chi connectivity index (χ1) is 9.85. The van der Waals surface area contributed by atoms with Crippen molar-refractivity contribution in [3.63, 3.8) is 0 Å². The smallest absolute Gasteiger partial charge is 0.129 e. The van der Waals surface area contributed by atoms with E-state index in [2.05, 4.69) is 17.0 Å². The van der Waals surface area contributed by atoms with Crippen molar-refractivity contribution in [3.05, 3.63) is 54.6 Å². The zero-order valence-corrected chi connectivity index (χ0v) is 11.4. The molecule has 3 heteroatoms. The van der Waals surface area contributed by atoms with Crippen LogP contribution in [0.4, 0.5) is 5.69 Å². The lowest BCUT2D eigenvalue weighted by molar-refractivity contribution is 0.238. The molecular formula is C17H19NO2. The van der Waals surface area contributed by atoms with Crippen LogP contribution in [0, 0.1) is 5.92 Å². The lowest BCUT2D eigenvalue weighted by Gasteiger charge is -2.19. The molecule has 1 fully saturated rings. The quantitative estimate of drug-likeness (QED) is 0.924. The average molecular weight is 269 g/mol. The maximum Gasteiger partial charge on any atom is 0.129 e. The summed E-state index contributed by atoms with van der Waals surface area (Å²) in [4.78, 5) is 2.30. The van der Waals surface area contributed by atoms with E-state index in [4.69, 9.17) is 4.74 Å². The Morgan fingerprint density at radius 1 is 1.05 bits per heavy atom. The second kappa shape index (κ2) is 5.97. The predicted octanol–water partition coefficient (Wildman–Crippen LogP) is 3.30. The number of nitrogens with zero attached hydrogens (tertiary/aromatic N) is 1. The van der Waals surface area contributed by atoms with Crippen LogP contribution in [0.15, 0.2) is 54.6 Å². The van der Waals surface area contributed by atoms with E-state index >= 15 is 0 Å². The van der Waals surface area contributed by atoms with Gasteiger partial charge in [-0.05, 0) is 30.7 Å². The van der Waals surface area contributed by atoms with Crippen molar-refractivity contribution in [3.8, 4) is 11.5 Å². The van der Waals surface area contributed by atoms with Crippen LogP contribution in [0.25, 0.3) is 0 Å². The molecule has 20 heavy (non-hydrogen) atoms. The standard InChI is InChI=1S/C17H19NO2/c19-13-14-9-10-18(12-14)15-5-4-8-17(11-15)20-16-6-2-1-3-7-16/h1-8,11,14,19H,9-10,12-13H2. The first-order valence-corrected chi connectivity index (χ1v) is 7.04. The monoisotopic (exact) mass is 269 g/mol. The van der Waals surface area contributed by atoms with Crippen LogP contribution in [0.2, 0.25) is 0 Å². The summed E-state index contributed by atoms with van der Waals surface area (Å²) in [5, 5.41) is 9.23. The van der Waals surface area contributed by atoms with Gasteiger partial charge < -0.3 is 14.7 Å². The summed E-state index contributed by atoms with van der Waals surface area (Å²) in [5.41, 5.74) is 1.16. The maximum absolute atomic E-state index is 9.23. The summed E-state index contributed by atoms with van der Waals surface area (Å²) in [6.07, 6.45) is 1.06. The van der Waals surface area contributed by atoms with Crippen LogP contribution in [0.1, 0.15) is 6.42 Å². The molecule has 104 valence electrons. The van der Waals surface area contributed by atoms with Gasteiger partial charge in [0.25, 0.3) is 0 Å². The van der Waals surface area contributed by atoms with Gasteiger partial charge in [-0.25, -0.2) is 0 Å². The number of aliphatic hydroxyl groups excluding tert-OH is 1. The van der Waals surface area contributed by atoms with Crippen LogP contribution >= 0.6 is 0 Å². The molecular weight excluding hydrogens is 250 g/mol. The van der Waals surface area contributed by atoms with Gasteiger partial charge in [0.1, 0.15) is 11.5 Å². The van der Waals surface area contributed by atoms with Crippen molar-refractivity contribution >= 4 is 5.69 Å². The molecule has 2 aromatic rings. The highest BCUT2D eigenvalue weighted by Crippen LogP contribution is 2.29. The lowest BCUT2D eigenvalue weighted by Crippen LogP contribution is -2.20. The first kappa shape index (κ1) is 13.0. The number of hydrogen-bond donors (Lipinski definition) is 1. The van der Waals surface area contributed by atoms with Gasteiger partial charge in [0.2, 0.25) is 0 Å². The second-order valence-corrected chi connectivity index (χ2v) is 5.20. The summed E-state index contributed by atoms with van der Waals surface area (Å²) >= 11 is 0. The van der Waals surface area contributed by atoms with E-state index in [-0.39, 0.29) is 6.61 Å². The zero-order chi connectivity index (χ0) is 13.8. The molecule has 1 heterocycles. The van der Waals surface area contributed by atoms with Crippen LogP contribution < -0.4 is 9.64 Å². The number of rotatable bonds is 4. The molecule has 1 atom stereocenters. The fraction of sp³-hybridized carbons (Fsp3) is 0.294. The minimum Gasteiger partial charge on any atom is -0.457 e. The molecule has 1 aliphatic heterocycles. The van der Waals surface area contributed by atoms with Gasteiger partial charge in [-0.3, -0.25) is 0 Å². The number of aliphatic hydroxyl groups is 1. The number of ether oxygens (including phenoxy) is 1. The van der Waals surface area contributed by atoms with Gasteiger partial charge in [0.05, 0.1) is 0 Å². The van der Waals surface area contributed by atoms with Crippen molar-refractivity contribution < 1.29 is 9.84 Å². The molecule has 0 aromatic heterocycles. The van der Waals surface area contributed by atoms with Crippen molar-refractivity contribution in [2.45, 2.75) is 6.42 Å². The number of para-hydroxylation sites is 1. The SMILES string of the molecule is OCC1CCN(c2cccc(Oc3ccccc3)c2)C1. The fourth-order valence-electron chi connectivity index (χ4n) is 2.58. The van der Waals surface area contributed by atoms with Gasteiger partial charge in [-0.15, -0.1) is 0 Å². The van der Waals surface area contributed by atoms with E-state index in [1.54, 1.807) is 0 Å². The Hall–Kier alpha value is -2.00. The van der Waals surface area contributed by atoms with E-state index in [0.717, 1.165) is 36.7 Å². The fourth-order valence-corrected chi connectivity index (χ4v) is 2.58. The Bertz CT molecular complexity index is 556. The molecule has 1 unspecified atom stereocenters. The largest absolute Gasteiger partial charge is 0.457 e. The average Bonchev–Trinajstić information content (AvgIpc) is 2.98. The first-order valence-electron chi connectivity index (χ1n) is 7.04. The van der Waals surface area contributed by atoms with Gasteiger partial charge >= 0.3 is 0 Å². The lowest BCUT2D eigenvalue weighted by atomic mass is 10.1. The molecule has 1 aliphatic rings. The van der Waals surface area contributed by atoms with Crippen molar-refractivity contribution in [2.75, 3.05) is 24.6 Å². The third-order valence-corrected chi connectivity index (χ3v) is 3.71. The molecule has 0 spiro atoms. The third kappa shape index (κ3) is 2.94. The van der Waals surface area contributed by atoms with Gasteiger partial charge in [-0.1, -0.05) is 24.3 Å². The Kier molecular flexibility index (Phi) is 3.88. The van der Waals surface area contributed by atoms with Crippen LogP contribution in [0.5, 0.6) is 11.5 Å². The molecule has 0 amide bonds. The Morgan fingerprint density at radius 2 is 1.85 bits per heavy atom. The van der Waals surface area contributed by atoms with Gasteiger partial charge in [-0.2, -0.15) is 0 Å². The summed E-state index contributed by atoms with van der Waals surface area (Å²) < 4.78 is 5.86. The normalized spacial score (nSPS) is 18.2. The Morgan fingerprint density at radius 3 is 2.60 bits per heavy atom. The van der Waals surface area contributed by atoms with E-state index in [0.29, 0.717) is 5.92 Å². The van der Waals surface area contributed by atoms with E-state index in [9.17, 15) is 5.11 Å². The molecule has 1 N–H and O–H groups in total. The zero-order valence-electron chi connectivity index (χ0n) is 11.4. The molecule has 0 saturated carbocycles. The topological polar surface area (TPSA) is 32.7 Å². The highest BCUT2D eigenvalue weighted by atomic mass is 16.5. The molecule has 0 bridgehead atoms. The minimum absolute atomic E-state index is 0.275. The van der Waals surface area contributed by atoms with Crippen LogP contribution in [0.3, 0.4) is 0 Å². The highest BCUT2D eigenvalue weighted by molar-refractivity contribution is 5.52. The molecule has 3 nitrogen and oxygen atoms in total. The van der Waals surface area contributed by atoms with Gasteiger partial charge in [0, 0.05) is 37.4 Å². The predicted molar refractivity (Wildman–Crippen MR) is 80.4 cm³/mol. The van der Waals surface area contributed by atoms with Crippen LogP contribution in [-0.2, 0) is 0 Å². The molecule has 0 aliphatic carbocycles. The Balaban J connectivity index is 1.73. The van der Waals surface area contributed by atoms with Crippen molar-refractivity contribution in [1.82, 2.24) is 0 Å². The second-order valence-electron chi connectivity index (χ2n) is 5.20. The summed E-state index contributed by atoms with van der Waals surface area (Å²) in [7, 11) is 0. The minimum atomic E-state index is 0.275.